The van der Waals surface area contributed by atoms with Crippen LogP contribution in [0.2, 0.25) is 10.0 Å². The Morgan fingerprint density at radius 2 is 1.63 bits per heavy atom. The van der Waals surface area contributed by atoms with Crippen LogP contribution >= 0.6 is 23.2 Å². The van der Waals surface area contributed by atoms with Gasteiger partial charge in [-0.25, -0.2) is 28.3 Å². The predicted molar refractivity (Wildman–Crippen MR) is 144 cm³/mol. The Hall–Kier alpha value is -3.31. The first kappa shape index (κ1) is 26.3. The number of aromatic nitrogens is 4. The number of carbonyl (C=O) groups is 1. The zero-order valence-electron chi connectivity index (χ0n) is 20.3. The highest BCUT2D eigenvalue weighted by molar-refractivity contribution is 7.91. The summed E-state index contributed by atoms with van der Waals surface area (Å²) in [5.41, 5.74) is 1.61. The number of rotatable bonds is 8. The van der Waals surface area contributed by atoms with Crippen molar-refractivity contribution < 1.29 is 18.3 Å². The smallest absolute Gasteiger partial charge is 0.260 e. The van der Waals surface area contributed by atoms with Crippen molar-refractivity contribution in [3.8, 4) is 11.1 Å². The van der Waals surface area contributed by atoms with Gasteiger partial charge in [-0.05, 0) is 42.7 Å². The van der Waals surface area contributed by atoms with Crippen LogP contribution in [0.25, 0.3) is 11.1 Å². The molecular weight excluding hydrogens is 549 g/mol. The number of benzene rings is 2. The average Bonchev–Trinajstić information content (AvgIpc) is 3.42. The largest absolute Gasteiger partial charge is 0.396 e. The molecule has 9 nitrogen and oxygen atoms in total. The fourth-order valence-corrected chi connectivity index (χ4v) is 6.68. The van der Waals surface area contributed by atoms with Gasteiger partial charge in [0.05, 0.1) is 17.6 Å². The van der Waals surface area contributed by atoms with E-state index in [2.05, 4.69) is 15.0 Å². The van der Waals surface area contributed by atoms with E-state index < -0.39 is 15.4 Å². The minimum Gasteiger partial charge on any atom is -0.396 e. The number of sulfone groups is 1. The predicted octanol–water partition coefficient (Wildman–Crippen LogP) is 4.44. The molecule has 1 amide bonds. The third-order valence-electron chi connectivity index (χ3n) is 6.46. The number of carbonyl (C=O) groups excluding carboxylic acids is 1. The molecule has 4 aromatic rings. The summed E-state index contributed by atoms with van der Waals surface area (Å²) in [7, 11) is -3.86. The molecule has 0 saturated carbocycles. The lowest BCUT2D eigenvalue weighted by Crippen LogP contribution is -2.42. The van der Waals surface area contributed by atoms with Crippen LogP contribution in [-0.4, -0.2) is 51.3 Å². The van der Waals surface area contributed by atoms with Crippen molar-refractivity contribution in [2.45, 2.75) is 30.3 Å². The molecule has 5 rings (SSSR count). The molecule has 0 saturated heterocycles. The van der Waals surface area contributed by atoms with Gasteiger partial charge in [0.2, 0.25) is 5.95 Å². The van der Waals surface area contributed by atoms with Crippen molar-refractivity contribution in [2.24, 2.45) is 0 Å². The van der Waals surface area contributed by atoms with E-state index in [1.54, 1.807) is 37.5 Å². The highest BCUT2D eigenvalue weighted by atomic mass is 35.5. The molecule has 0 fully saturated rings. The molecule has 0 bridgehead atoms. The lowest BCUT2D eigenvalue weighted by atomic mass is 9.91. The van der Waals surface area contributed by atoms with E-state index in [4.69, 9.17) is 23.2 Å². The lowest BCUT2D eigenvalue weighted by Gasteiger charge is -2.26. The number of anilines is 2. The lowest BCUT2D eigenvalue weighted by molar-refractivity contribution is -0.124. The Balaban J connectivity index is 1.60. The third kappa shape index (κ3) is 4.69. The van der Waals surface area contributed by atoms with Crippen LogP contribution in [0.3, 0.4) is 0 Å². The monoisotopic (exact) mass is 571 g/mol. The van der Waals surface area contributed by atoms with Crippen molar-refractivity contribution in [1.82, 2.24) is 19.5 Å². The molecule has 1 aliphatic heterocycles. The third-order valence-corrected chi connectivity index (χ3v) is 8.65. The molecule has 38 heavy (non-hydrogen) atoms. The Bertz CT molecular complexity index is 1590. The fourth-order valence-electron chi connectivity index (χ4n) is 4.67. The van der Waals surface area contributed by atoms with E-state index in [1.807, 2.05) is 24.3 Å². The van der Waals surface area contributed by atoms with Gasteiger partial charge in [0, 0.05) is 41.0 Å². The van der Waals surface area contributed by atoms with Crippen LogP contribution in [-0.2, 0) is 26.6 Å². The van der Waals surface area contributed by atoms with Crippen LogP contribution in [0.15, 0.2) is 72.4 Å². The molecule has 0 spiro atoms. The molecule has 196 valence electrons. The van der Waals surface area contributed by atoms with Gasteiger partial charge in [0.15, 0.2) is 14.9 Å². The van der Waals surface area contributed by atoms with Gasteiger partial charge in [-0.3, -0.25) is 9.36 Å². The molecule has 12 heteroatoms. The van der Waals surface area contributed by atoms with Crippen LogP contribution in [0.5, 0.6) is 0 Å². The molecule has 1 unspecified atom stereocenters. The van der Waals surface area contributed by atoms with Gasteiger partial charge >= 0.3 is 0 Å². The summed E-state index contributed by atoms with van der Waals surface area (Å²) in [4.78, 5) is 27.9. The Morgan fingerprint density at radius 3 is 2.26 bits per heavy atom. The summed E-state index contributed by atoms with van der Waals surface area (Å²) >= 11 is 12.5. The first-order chi connectivity index (χ1) is 18.1. The second kappa shape index (κ2) is 10.1. The maximum atomic E-state index is 14.1. The van der Waals surface area contributed by atoms with E-state index >= 15 is 0 Å². The number of amides is 1. The van der Waals surface area contributed by atoms with E-state index in [1.165, 1.54) is 22.0 Å². The normalized spacial score (nSPS) is 17.2. The quantitative estimate of drug-likeness (QED) is 0.332. The maximum Gasteiger partial charge on any atom is 0.260 e. The van der Waals surface area contributed by atoms with Crippen LogP contribution in [0.4, 0.5) is 11.6 Å². The SMILES string of the molecule is CC1(Cc2ccc(-c3cncnc3)cc2)C(=O)N(c2cc(Cl)cc(Cl)c2)c2ncc(S(=O)(=O)CCCO)n21. The molecule has 0 radical (unpaired) electrons. The highest BCUT2D eigenvalue weighted by Crippen LogP contribution is 2.44. The Labute approximate surface area is 229 Å². The number of imidazole rings is 1. The maximum absolute atomic E-state index is 14.1. The summed E-state index contributed by atoms with van der Waals surface area (Å²) in [5.74, 6) is -0.509. The molecule has 1 atom stereocenters. The van der Waals surface area contributed by atoms with Gasteiger partial charge in [-0.15, -0.1) is 0 Å². The van der Waals surface area contributed by atoms with E-state index in [0.29, 0.717) is 15.7 Å². The zero-order valence-corrected chi connectivity index (χ0v) is 22.6. The van der Waals surface area contributed by atoms with Crippen molar-refractivity contribution in [3.05, 3.63) is 83.0 Å². The zero-order chi connectivity index (χ0) is 27.1. The minimum atomic E-state index is -3.86. The number of hydrogen-bond donors (Lipinski definition) is 1. The van der Waals surface area contributed by atoms with Gasteiger partial charge in [0.1, 0.15) is 11.9 Å². The number of nitrogens with zero attached hydrogens (tertiary/aromatic N) is 5. The minimum absolute atomic E-state index is 0.0613. The van der Waals surface area contributed by atoms with Crippen molar-refractivity contribution in [3.63, 3.8) is 0 Å². The average molecular weight is 572 g/mol. The van der Waals surface area contributed by atoms with Gasteiger partial charge < -0.3 is 5.11 Å². The van der Waals surface area contributed by atoms with Crippen LogP contribution < -0.4 is 4.90 Å². The van der Waals surface area contributed by atoms with Crippen molar-refractivity contribution in [1.29, 1.82) is 0 Å². The number of aliphatic hydroxyl groups excluding tert-OH is 1. The molecule has 1 N–H and O–H groups in total. The van der Waals surface area contributed by atoms with Crippen molar-refractivity contribution >= 4 is 50.6 Å². The molecule has 2 aromatic carbocycles. The summed E-state index contributed by atoms with van der Waals surface area (Å²) in [6, 6.07) is 12.3. The standard InChI is InChI=1S/C26H23Cl2N5O4S/c1-26(12-17-3-5-18(6-4-17)19-13-29-16-30-14-19)24(35)32(22-10-20(27)9-21(28)11-22)25-31-15-23(33(25)26)38(36,37)8-2-7-34/h3-6,9-11,13-16,34H,2,7-8,12H2,1H3. The first-order valence-electron chi connectivity index (χ1n) is 11.7. The number of halogens is 2. The van der Waals surface area contributed by atoms with Gasteiger partial charge in [-0.2, -0.15) is 0 Å². The molecule has 1 aliphatic rings. The second-order valence-corrected chi connectivity index (χ2v) is 12.1. The molecule has 3 heterocycles. The second-order valence-electron chi connectivity index (χ2n) is 9.17. The summed E-state index contributed by atoms with van der Waals surface area (Å²) in [6.07, 6.45) is 6.38. The molecular formula is C26H23Cl2N5O4S. The molecule has 0 aliphatic carbocycles. The Kier molecular flexibility index (Phi) is 6.99. The van der Waals surface area contributed by atoms with Crippen LogP contribution in [0, 0.1) is 0 Å². The van der Waals surface area contributed by atoms with E-state index in [-0.39, 0.29) is 42.1 Å². The van der Waals surface area contributed by atoms with E-state index in [0.717, 1.165) is 16.7 Å². The summed E-state index contributed by atoms with van der Waals surface area (Å²) in [5, 5.41) is 9.78. The van der Waals surface area contributed by atoms with Crippen LogP contribution in [0.1, 0.15) is 18.9 Å². The van der Waals surface area contributed by atoms with Gasteiger partial charge in [-0.1, -0.05) is 47.5 Å². The van der Waals surface area contributed by atoms with Gasteiger partial charge in [0.25, 0.3) is 5.91 Å². The van der Waals surface area contributed by atoms with Crippen molar-refractivity contribution in [2.75, 3.05) is 17.3 Å². The Morgan fingerprint density at radius 1 is 0.974 bits per heavy atom. The summed E-state index contributed by atoms with van der Waals surface area (Å²) < 4.78 is 28.0. The first-order valence-corrected chi connectivity index (χ1v) is 14.1. The number of hydrogen-bond acceptors (Lipinski definition) is 7. The highest BCUT2D eigenvalue weighted by Gasteiger charge is 2.51. The summed E-state index contributed by atoms with van der Waals surface area (Å²) in [6.45, 7) is 1.42. The molecule has 2 aromatic heterocycles. The topological polar surface area (TPSA) is 118 Å². The fraction of sp³-hybridized carbons (Fsp3) is 0.231. The number of aliphatic hydroxyl groups is 1. The van der Waals surface area contributed by atoms with E-state index in [9.17, 15) is 18.3 Å². The number of fused-ring (bicyclic) bond motifs is 1.